The Labute approximate surface area is 235 Å². The van der Waals surface area contributed by atoms with Gasteiger partial charge in [0.1, 0.15) is 18.2 Å². The number of nitrogens with one attached hydrogen (secondary N) is 3. The second kappa shape index (κ2) is 20.8. The number of carbonyl (C=O) groups is 5. The number of amides is 2. The van der Waals surface area contributed by atoms with Crippen LogP contribution in [0.15, 0.2) is 0 Å². The van der Waals surface area contributed by atoms with Gasteiger partial charge in [0.15, 0.2) is 0 Å². The van der Waals surface area contributed by atoms with Crippen LogP contribution >= 0.6 is 0 Å². The summed E-state index contributed by atoms with van der Waals surface area (Å²) in [6.45, 7) is -3.86. The van der Waals surface area contributed by atoms with Crippen molar-refractivity contribution in [3.8, 4) is 0 Å². The molecule has 0 aliphatic carbocycles. The molecule has 19 heteroatoms. The van der Waals surface area contributed by atoms with Crippen molar-refractivity contribution in [2.24, 2.45) is 0 Å². The van der Waals surface area contributed by atoms with Gasteiger partial charge in [0.2, 0.25) is 11.8 Å². The number of carbonyl (C=O) groups excluding carboxylic acids is 2. The molecule has 19 nitrogen and oxygen atoms in total. The van der Waals surface area contributed by atoms with Gasteiger partial charge in [-0.1, -0.05) is 0 Å². The Kier molecular flexibility index (Phi) is 19.3. The molecule has 0 aromatic carbocycles. The highest BCUT2D eigenvalue weighted by Crippen LogP contribution is 2.05. The minimum absolute atomic E-state index is 0.0148. The molecule has 0 spiro atoms. The van der Waals surface area contributed by atoms with Crippen molar-refractivity contribution >= 4 is 29.7 Å². The van der Waals surface area contributed by atoms with E-state index < -0.39 is 106 Å². The number of aliphatic carboxylic acids is 3. The zero-order chi connectivity index (χ0) is 31.5. The summed E-state index contributed by atoms with van der Waals surface area (Å²) in [5.41, 5.74) is 0. The quantitative estimate of drug-likeness (QED) is 0.0458. The highest BCUT2D eigenvalue weighted by atomic mass is 16.4. The van der Waals surface area contributed by atoms with Gasteiger partial charge in [-0.25, -0.2) is 0 Å². The lowest BCUT2D eigenvalue weighted by atomic mass is 10.1. The van der Waals surface area contributed by atoms with Gasteiger partial charge < -0.3 is 61.9 Å². The zero-order valence-corrected chi connectivity index (χ0v) is 22.3. The molecule has 2 amide bonds. The Balaban J connectivity index is 5.02. The van der Waals surface area contributed by atoms with E-state index in [1.165, 1.54) is 4.90 Å². The van der Waals surface area contributed by atoms with Gasteiger partial charge in [0, 0.05) is 39.3 Å². The van der Waals surface area contributed by atoms with E-state index >= 15 is 0 Å². The second-order valence-corrected chi connectivity index (χ2v) is 9.02. The molecule has 0 aliphatic rings. The van der Waals surface area contributed by atoms with Gasteiger partial charge >= 0.3 is 17.9 Å². The van der Waals surface area contributed by atoms with E-state index in [2.05, 4.69) is 16.0 Å². The molecular formula is C22H41N5O14. The first-order chi connectivity index (χ1) is 19.2. The topological polar surface area (TPSA) is 310 Å². The Bertz CT molecular complexity index is 834. The first-order valence-corrected chi connectivity index (χ1v) is 12.5. The average molecular weight is 600 g/mol. The highest BCUT2D eigenvalue weighted by molar-refractivity contribution is 5.83. The fourth-order valence-electron chi connectivity index (χ4n) is 3.32. The van der Waals surface area contributed by atoms with Crippen molar-refractivity contribution in [3.63, 3.8) is 0 Å². The van der Waals surface area contributed by atoms with Crippen LogP contribution in [0.3, 0.4) is 0 Å². The van der Waals surface area contributed by atoms with E-state index in [9.17, 15) is 49.5 Å². The van der Waals surface area contributed by atoms with Crippen LogP contribution in [-0.4, -0.2) is 188 Å². The summed E-state index contributed by atoms with van der Waals surface area (Å²) in [7, 11) is 0. The lowest BCUT2D eigenvalue weighted by molar-refractivity contribution is -0.150. The first kappa shape index (κ1) is 38.0. The standard InChI is InChI=1S/C22H41N5O14/c28-11-16(32)14(30)6-24-18(34)8-26(10-21(38)39)3-1-23-2-4-27(13(22(40)41)5-20(36)37)9-19(35)25-7-15(31)17(33)12-29/h13-17,23,28-33H,1-12H2,(H,24,34)(H,25,35)(H,36,37)(H,38,39)(H,40,41). The summed E-state index contributed by atoms with van der Waals surface area (Å²) in [5.74, 6) is -5.63. The zero-order valence-electron chi connectivity index (χ0n) is 22.3. The third-order valence-corrected chi connectivity index (χ3v) is 5.63. The predicted molar refractivity (Wildman–Crippen MR) is 136 cm³/mol. The largest absolute Gasteiger partial charge is 0.481 e. The summed E-state index contributed by atoms with van der Waals surface area (Å²) >= 11 is 0. The number of hydrogen-bond donors (Lipinski definition) is 12. The molecule has 0 aliphatic heterocycles. The molecule has 0 fully saturated rings. The molecule has 5 unspecified atom stereocenters. The number of carboxylic acid groups (broad SMARTS) is 3. The van der Waals surface area contributed by atoms with E-state index in [-0.39, 0.29) is 32.7 Å². The fourth-order valence-corrected chi connectivity index (χ4v) is 3.32. The number of aliphatic hydroxyl groups is 6. The molecule has 0 saturated carbocycles. The lowest BCUT2D eigenvalue weighted by Crippen LogP contribution is -2.51. The van der Waals surface area contributed by atoms with Crippen LogP contribution < -0.4 is 16.0 Å². The normalized spacial score (nSPS) is 15.1. The molecule has 12 N–H and O–H groups in total. The Morgan fingerprint density at radius 1 is 0.634 bits per heavy atom. The van der Waals surface area contributed by atoms with Crippen molar-refractivity contribution in [3.05, 3.63) is 0 Å². The van der Waals surface area contributed by atoms with Crippen LogP contribution in [0.25, 0.3) is 0 Å². The molecule has 0 aromatic rings. The van der Waals surface area contributed by atoms with Crippen LogP contribution in [-0.2, 0) is 24.0 Å². The molecule has 0 heterocycles. The van der Waals surface area contributed by atoms with Crippen LogP contribution in [0.5, 0.6) is 0 Å². The van der Waals surface area contributed by atoms with Gasteiger partial charge in [-0.3, -0.25) is 33.8 Å². The van der Waals surface area contributed by atoms with Crippen LogP contribution in [0.1, 0.15) is 6.42 Å². The van der Waals surface area contributed by atoms with Crippen LogP contribution in [0, 0.1) is 0 Å². The summed E-state index contributed by atoms with van der Waals surface area (Å²) in [6, 6.07) is -1.60. The molecule has 0 rings (SSSR count). The Morgan fingerprint density at radius 2 is 1.12 bits per heavy atom. The third-order valence-electron chi connectivity index (χ3n) is 5.63. The van der Waals surface area contributed by atoms with Crippen molar-refractivity contribution in [1.82, 2.24) is 25.8 Å². The number of hydrogen-bond acceptors (Lipinski definition) is 14. The van der Waals surface area contributed by atoms with E-state index in [4.69, 9.17) is 20.4 Å². The number of aliphatic hydroxyl groups excluding tert-OH is 6. The molecule has 5 atom stereocenters. The molecule has 41 heavy (non-hydrogen) atoms. The molecule has 0 radical (unpaired) electrons. The van der Waals surface area contributed by atoms with E-state index in [1.807, 2.05) is 0 Å². The second-order valence-electron chi connectivity index (χ2n) is 9.02. The maximum Gasteiger partial charge on any atom is 0.321 e. The van der Waals surface area contributed by atoms with Crippen molar-refractivity contribution in [1.29, 1.82) is 0 Å². The summed E-state index contributed by atoms with van der Waals surface area (Å²) in [6.07, 6.45) is -6.76. The minimum Gasteiger partial charge on any atom is -0.481 e. The summed E-state index contributed by atoms with van der Waals surface area (Å²) in [5, 5.41) is 90.6. The Hall–Kier alpha value is -3.01. The van der Waals surface area contributed by atoms with Crippen molar-refractivity contribution < 1.29 is 69.9 Å². The van der Waals surface area contributed by atoms with Gasteiger partial charge in [-0.15, -0.1) is 0 Å². The van der Waals surface area contributed by atoms with Crippen molar-refractivity contribution in [2.45, 2.75) is 36.9 Å². The monoisotopic (exact) mass is 599 g/mol. The van der Waals surface area contributed by atoms with E-state index in [0.29, 0.717) is 0 Å². The molecule has 238 valence electrons. The minimum atomic E-state index is -1.60. The number of carboxylic acids is 3. The summed E-state index contributed by atoms with van der Waals surface area (Å²) < 4.78 is 0. The van der Waals surface area contributed by atoms with E-state index in [0.717, 1.165) is 4.90 Å². The van der Waals surface area contributed by atoms with Gasteiger partial charge in [-0.2, -0.15) is 0 Å². The molecule has 0 saturated heterocycles. The van der Waals surface area contributed by atoms with Crippen LogP contribution in [0.2, 0.25) is 0 Å². The molecule has 0 aromatic heterocycles. The third kappa shape index (κ3) is 17.4. The smallest absolute Gasteiger partial charge is 0.321 e. The van der Waals surface area contributed by atoms with Gasteiger partial charge in [0.05, 0.1) is 51.5 Å². The van der Waals surface area contributed by atoms with E-state index in [1.54, 1.807) is 0 Å². The Morgan fingerprint density at radius 3 is 1.56 bits per heavy atom. The van der Waals surface area contributed by atoms with Crippen LogP contribution in [0.4, 0.5) is 0 Å². The highest BCUT2D eigenvalue weighted by Gasteiger charge is 2.30. The van der Waals surface area contributed by atoms with Crippen molar-refractivity contribution in [2.75, 3.05) is 72.1 Å². The number of nitrogens with zero attached hydrogens (tertiary/aromatic N) is 2. The maximum atomic E-state index is 12.3. The lowest BCUT2D eigenvalue weighted by Gasteiger charge is -2.28. The molecule has 0 bridgehead atoms. The van der Waals surface area contributed by atoms with Gasteiger partial charge in [0.25, 0.3) is 0 Å². The SMILES string of the molecule is O=C(O)CC(C(=O)O)N(CCNCCN(CC(=O)O)CC(=O)NCC(O)C(O)CO)CC(=O)NCC(O)C(O)CO. The maximum absolute atomic E-state index is 12.3. The summed E-state index contributed by atoms with van der Waals surface area (Å²) in [4.78, 5) is 60.7. The molecular weight excluding hydrogens is 558 g/mol. The fraction of sp³-hybridized carbons (Fsp3) is 0.773. The predicted octanol–water partition coefficient (Wildman–Crippen LogP) is -7.15. The van der Waals surface area contributed by atoms with Gasteiger partial charge in [-0.05, 0) is 0 Å². The average Bonchev–Trinajstić information content (AvgIpc) is 2.90. The first-order valence-electron chi connectivity index (χ1n) is 12.5. The number of rotatable bonds is 24.